The van der Waals surface area contributed by atoms with Crippen LogP contribution in [0.1, 0.15) is 30.5 Å². The average Bonchev–Trinajstić information content (AvgIpc) is 3.27. The highest BCUT2D eigenvalue weighted by Crippen LogP contribution is 2.35. The van der Waals surface area contributed by atoms with Crippen molar-refractivity contribution < 1.29 is 19.1 Å². The number of aryl methyl sites for hydroxylation is 2. The van der Waals surface area contributed by atoms with E-state index < -0.39 is 0 Å². The Hall–Kier alpha value is -3.75. The normalized spacial score (nSPS) is 14.0. The first-order chi connectivity index (χ1) is 18.9. The SMILES string of the molecule is CCc1cccc(CC)c1NC(=O)CSC1=N/C(=C\c2ccc(OC)cc2)C(=O)N1c1ccc(Cl)c(OC)c1. The molecule has 0 aliphatic carbocycles. The summed E-state index contributed by atoms with van der Waals surface area (Å²) in [5, 5.41) is 3.89. The van der Waals surface area contributed by atoms with E-state index >= 15 is 0 Å². The molecule has 0 radical (unpaired) electrons. The van der Waals surface area contributed by atoms with Gasteiger partial charge in [0.1, 0.15) is 17.2 Å². The highest BCUT2D eigenvalue weighted by atomic mass is 35.5. The maximum atomic E-state index is 13.6. The minimum absolute atomic E-state index is 0.0738. The molecular weight excluding hydrogens is 534 g/mol. The summed E-state index contributed by atoms with van der Waals surface area (Å²) in [4.78, 5) is 32.7. The summed E-state index contributed by atoms with van der Waals surface area (Å²) in [6.45, 7) is 4.12. The summed E-state index contributed by atoms with van der Waals surface area (Å²) in [5.74, 6) is 0.727. The van der Waals surface area contributed by atoms with Gasteiger partial charge in [0.15, 0.2) is 5.17 Å². The molecule has 0 unspecified atom stereocenters. The number of carbonyl (C=O) groups excluding carboxylic acids is 2. The van der Waals surface area contributed by atoms with Crippen LogP contribution in [0, 0.1) is 0 Å². The number of nitrogens with one attached hydrogen (secondary N) is 1. The highest BCUT2D eigenvalue weighted by Gasteiger charge is 2.33. The monoisotopic (exact) mass is 563 g/mol. The van der Waals surface area contributed by atoms with Gasteiger partial charge in [0.25, 0.3) is 5.91 Å². The zero-order valence-corrected chi connectivity index (χ0v) is 23.9. The fraction of sp³-hybridized carbons (Fsp3) is 0.233. The molecule has 0 atom stereocenters. The fourth-order valence-electron chi connectivity index (χ4n) is 4.18. The van der Waals surface area contributed by atoms with Crippen LogP contribution in [0.2, 0.25) is 5.02 Å². The fourth-order valence-corrected chi connectivity index (χ4v) is 5.18. The van der Waals surface area contributed by atoms with Crippen molar-refractivity contribution in [3.05, 3.63) is 88.1 Å². The Morgan fingerprint density at radius 3 is 2.33 bits per heavy atom. The number of carbonyl (C=O) groups is 2. The van der Waals surface area contributed by atoms with Crippen LogP contribution >= 0.6 is 23.4 Å². The van der Waals surface area contributed by atoms with Gasteiger partial charge >= 0.3 is 0 Å². The van der Waals surface area contributed by atoms with Crippen LogP contribution in [-0.2, 0) is 22.4 Å². The van der Waals surface area contributed by atoms with Gasteiger partial charge < -0.3 is 14.8 Å². The summed E-state index contributed by atoms with van der Waals surface area (Å²) < 4.78 is 10.6. The van der Waals surface area contributed by atoms with Gasteiger partial charge in [-0.15, -0.1) is 0 Å². The van der Waals surface area contributed by atoms with Gasteiger partial charge in [0, 0.05) is 11.8 Å². The van der Waals surface area contributed by atoms with Gasteiger partial charge in [-0.1, -0.05) is 67.5 Å². The number of amidine groups is 1. The van der Waals surface area contributed by atoms with Gasteiger partial charge in [-0.25, -0.2) is 4.99 Å². The summed E-state index contributed by atoms with van der Waals surface area (Å²) in [6.07, 6.45) is 3.33. The van der Waals surface area contributed by atoms with Gasteiger partial charge in [-0.3, -0.25) is 14.5 Å². The number of amides is 2. The topological polar surface area (TPSA) is 80.2 Å². The summed E-state index contributed by atoms with van der Waals surface area (Å²) >= 11 is 7.42. The molecule has 0 aromatic heterocycles. The van der Waals surface area contributed by atoms with E-state index in [1.807, 2.05) is 42.5 Å². The molecule has 3 aromatic carbocycles. The third-order valence-electron chi connectivity index (χ3n) is 6.24. The predicted octanol–water partition coefficient (Wildman–Crippen LogP) is 6.60. The zero-order chi connectivity index (χ0) is 27.9. The lowest BCUT2D eigenvalue weighted by Gasteiger charge is -2.19. The lowest BCUT2D eigenvalue weighted by atomic mass is 10.0. The molecule has 1 aliphatic heterocycles. The van der Waals surface area contributed by atoms with Crippen molar-refractivity contribution in [3.8, 4) is 11.5 Å². The molecule has 4 rings (SSSR count). The smallest absolute Gasteiger partial charge is 0.283 e. The van der Waals surface area contributed by atoms with E-state index in [2.05, 4.69) is 24.2 Å². The van der Waals surface area contributed by atoms with E-state index in [1.165, 1.54) is 23.8 Å². The molecule has 202 valence electrons. The van der Waals surface area contributed by atoms with Crippen molar-refractivity contribution in [3.63, 3.8) is 0 Å². The molecule has 0 saturated carbocycles. The number of anilines is 2. The molecule has 7 nitrogen and oxygen atoms in total. The molecule has 39 heavy (non-hydrogen) atoms. The van der Waals surface area contributed by atoms with Crippen LogP contribution in [0.25, 0.3) is 6.08 Å². The quantitative estimate of drug-likeness (QED) is 0.297. The molecule has 0 bridgehead atoms. The molecule has 0 saturated heterocycles. The van der Waals surface area contributed by atoms with Crippen molar-refractivity contribution in [2.45, 2.75) is 26.7 Å². The van der Waals surface area contributed by atoms with Crippen LogP contribution in [0.4, 0.5) is 11.4 Å². The molecule has 0 fully saturated rings. The van der Waals surface area contributed by atoms with E-state index in [-0.39, 0.29) is 23.3 Å². The molecule has 1 heterocycles. The van der Waals surface area contributed by atoms with Gasteiger partial charge in [0.05, 0.1) is 30.7 Å². The lowest BCUT2D eigenvalue weighted by molar-refractivity contribution is -0.114. The molecule has 9 heteroatoms. The van der Waals surface area contributed by atoms with Crippen LogP contribution < -0.4 is 19.7 Å². The minimum atomic E-state index is -0.317. The number of benzene rings is 3. The number of ether oxygens (including phenoxy) is 2. The zero-order valence-electron chi connectivity index (χ0n) is 22.3. The molecular formula is C30H30ClN3O4S. The Morgan fingerprint density at radius 1 is 1.03 bits per heavy atom. The number of aliphatic imine (C=N–C) groups is 1. The van der Waals surface area contributed by atoms with Gasteiger partial charge in [0.2, 0.25) is 5.91 Å². The van der Waals surface area contributed by atoms with Crippen molar-refractivity contribution >= 4 is 57.8 Å². The van der Waals surface area contributed by atoms with Crippen molar-refractivity contribution in [1.82, 2.24) is 0 Å². The summed E-state index contributed by atoms with van der Waals surface area (Å²) in [6, 6.07) is 18.4. The largest absolute Gasteiger partial charge is 0.497 e. The molecule has 3 aromatic rings. The van der Waals surface area contributed by atoms with Crippen molar-refractivity contribution in [2.75, 3.05) is 30.2 Å². The molecule has 2 amide bonds. The number of rotatable bonds is 9. The van der Waals surface area contributed by atoms with Crippen molar-refractivity contribution in [2.24, 2.45) is 4.99 Å². The highest BCUT2D eigenvalue weighted by molar-refractivity contribution is 8.14. The van der Waals surface area contributed by atoms with Crippen LogP contribution in [-0.4, -0.2) is 37.0 Å². The standard InChI is InChI=1S/C30H30ClN3O4S/c1-5-20-8-7-9-21(6-2)28(20)33-27(35)18-39-30-32-25(16-19-10-13-23(37-3)14-11-19)29(36)34(30)22-12-15-24(31)26(17-22)38-4/h7-17H,5-6,18H2,1-4H3,(H,33,35)/b25-16-. The van der Waals surface area contributed by atoms with Crippen molar-refractivity contribution in [1.29, 1.82) is 0 Å². The molecule has 1 aliphatic rings. The second-order valence-corrected chi connectivity index (χ2v) is 10.0. The Bertz CT molecular complexity index is 1410. The minimum Gasteiger partial charge on any atom is -0.497 e. The Labute approximate surface area is 237 Å². The number of hydrogen-bond acceptors (Lipinski definition) is 6. The van der Waals surface area contributed by atoms with E-state index in [4.69, 9.17) is 21.1 Å². The van der Waals surface area contributed by atoms with Gasteiger partial charge in [-0.2, -0.15) is 0 Å². The Balaban J connectivity index is 1.62. The first-order valence-electron chi connectivity index (χ1n) is 12.5. The summed E-state index contributed by atoms with van der Waals surface area (Å²) in [5.41, 5.74) is 4.61. The van der Waals surface area contributed by atoms with E-state index in [0.29, 0.717) is 27.4 Å². The van der Waals surface area contributed by atoms with Crippen LogP contribution in [0.3, 0.4) is 0 Å². The second kappa shape index (κ2) is 12.9. The number of thioether (sulfide) groups is 1. The van der Waals surface area contributed by atoms with Gasteiger partial charge in [-0.05, 0) is 59.9 Å². The Morgan fingerprint density at radius 2 is 1.72 bits per heavy atom. The van der Waals surface area contributed by atoms with E-state index in [0.717, 1.165) is 35.2 Å². The average molecular weight is 564 g/mol. The number of para-hydroxylation sites is 1. The number of nitrogens with zero attached hydrogens (tertiary/aromatic N) is 2. The van der Waals surface area contributed by atoms with E-state index in [1.54, 1.807) is 31.4 Å². The first kappa shape index (κ1) is 28.3. The molecule has 1 N–H and O–H groups in total. The number of halogens is 1. The third kappa shape index (κ3) is 6.46. The second-order valence-electron chi connectivity index (χ2n) is 8.65. The van der Waals surface area contributed by atoms with E-state index in [9.17, 15) is 9.59 Å². The Kier molecular flexibility index (Phi) is 9.32. The molecule has 0 spiro atoms. The number of methoxy groups -OCH3 is 2. The summed E-state index contributed by atoms with van der Waals surface area (Å²) in [7, 11) is 3.11. The maximum absolute atomic E-state index is 13.6. The van der Waals surface area contributed by atoms with Crippen LogP contribution in [0.5, 0.6) is 11.5 Å². The predicted molar refractivity (Wildman–Crippen MR) is 160 cm³/mol. The lowest BCUT2D eigenvalue weighted by Crippen LogP contribution is -2.31. The maximum Gasteiger partial charge on any atom is 0.283 e. The third-order valence-corrected chi connectivity index (χ3v) is 7.49. The van der Waals surface area contributed by atoms with Crippen LogP contribution in [0.15, 0.2) is 71.4 Å². The number of hydrogen-bond donors (Lipinski definition) is 1. The first-order valence-corrected chi connectivity index (χ1v) is 13.9.